The van der Waals surface area contributed by atoms with E-state index in [0.717, 1.165) is 16.6 Å². The topological polar surface area (TPSA) is 46.4 Å². The van der Waals surface area contributed by atoms with E-state index >= 15 is 0 Å². The SMILES string of the molecule is O=C(NCc1ccc(F)cc1)c1nc(-c2cc(Cl)cc(Cl)c2)c2ccccn12. The number of rotatable bonds is 4. The molecule has 28 heavy (non-hydrogen) atoms. The second-order valence-electron chi connectivity index (χ2n) is 6.21. The number of benzene rings is 2. The van der Waals surface area contributed by atoms with Crippen molar-refractivity contribution in [1.82, 2.24) is 14.7 Å². The molecule has 0 fully saturated rings. The minimum atomic E-state index is -0.343. The van der Waals surface area contributed by atoms with Gasteiger partial charge in [0.25, 0.3) is 5.91 Å². The maximum absolute atomic E-state index is 13.0. The van der Waals surface area contributed by atoms with Crippen molar-refractivity contribution in [3.05, 3.63) is 94.1 Å². The molecule has 0 aliphatic rings. The van der Waals surface area contributed by atoms with Gasteiger partial charge in [0.1, 0.15) is 5.82 Å². The molecule has 0 aliphatic heterocycles. The summed E-state index contributed by atoms with van der Waals surface area (Å²) in [6.45, 7) is 0.263. The van der Waals surface area contributed by atoms with Gasteiger partial charge in [0, 0.05) is 28.4 Å². The summed E-state index contributed by atoms with van der Waals surface area (Å²) >= 11 is 12.2. The van der Waals surface area contributed by atoms with E-state index in [1.54, 1.807) is 40.9 Å². The Balaban J connectivity index is 1.69. The second kappa shape index (κ2) is 7.62. The largest absolute Gasteiger partial charge is 0.345 e. The summed E-state index contributed by atoms with van der Waals surface area (Å²) in [4.78, 5) is 17.3. The Morgan fingerprint density at radius 2 is 1.75 bits per heavy atom. The molecule has 7 heteroatoms. The Hall–Kier alpha value is -2.89. The highest BCUT2D eigenvalue weighted by atomic mass is 35.5. The molecular weight excluding hydrogens is 400 g/mol. The van der Waals surface area contributed by atoms with E-state index in [4.69, 9.17) is 23.2 Å². The van der Waals surface area contributed by atoms with Crippen LogP contribution in [0.2, 0.25) is 10.0 Å². The molecule has 2 aromatic carbocycles. The number of imidazole rings is 1. The van der Waals surface area contributed by atoms with Gasteiger partial charge in [-0.1, -0.05) is 41.4 Å². The molecule has 2 aromatic heterocycles. The number of halogens is 3. The van der Waals surface area contributed by atoms with Crippen LogP contribution < -0.4 is 5.32 Å². The van der Waals surface area contributed by atoms with Crippen LogP contribution in [0.1, 0.15) is 16.2 Å². The molecule has 4 aromatic rings. The first-order chi connectivity index (χ1) is 13.5. The summed E-state index contributed by atoms with van der Waals surface area (Å²) in [5, 5.41) is 3.79. The molecule has 0 atom stereocenters. The predicted molar refractivity (Wildman–Crippen MR) is 108 cm³/mol. The molecular formula is C21H14Cl2FN3O. The highest BCUT2D eigenvalue weighted by Gasteiger charge is 2.18. The fourth-order valence-corrected chi connectivity index (χ4v) is 3.49. The summed E-state index contributed by atoms with van der Waals surface area (Å²) in [6, 6.07) is 16.7. The van der Waals surface area contributed by atoms with Crippen LogP contribution in [0.25, 0.3) is 16.8 Å². The molecule has 0 radical (unpaired) electrons. The van der Waals surface area contributed by atoms with Gasteiger partial charge in [-0.25, -0.2) is 9.37 Å². The summed E-state index contributed by atoms with van der Waals surface area (Å²) in [5.74, 6) is -0.423. The monoisotopic (exact) mass is 413 g/mol. The van der Waals surface area contributed by atoms with E-state index in [0.29, 0.717) is 15.7 Å². The number of amides is 1. The Morgan fingerprint density at radius 3 is 2.46 bits per heavy atom. The number of aromatic nitrogens is 2. The number of pyridine rings is 1. The van der Waals surface area contributed by atoms with Crippen molar-refractivity contribution in [2.75, 3.05) is 0 Å². The fourth-order valence-electron chi connectivity index (χ4n) is 2.96. The molecule has 0 spiro atoms. The zero-order valence-corrected chi connectivity index (χ0v) is 16.0. The van der Waals surface area contributed by atoms with Crippen molar-refractivity contribution in [2.45, 2.75) is 6.54 Å². The van der Waals surface area contributed by atoms with Crippen LogP contribution in [0.5, 0.6) is 0 Å². The van der Waals surface area contributed by atoms with Crippen molar-refractivity contribution in [3.8, 4) is 11.3 Å². The Kier molecular flexibility index (Phi) is 5.03. The fraction of sp³-hybridized carbons (Fsp3) is 0.0476. The number of fused-ring (bicyclic) bond motifs is 1. The van der Waals surface area contributed by atoms with Crippen LogP contribution in [0, 0.1) is 5.82 Å². The molecule has 1 N–H and O–H groups in total. The van der Waals surface area contributed by atoms with E-state index in [-0.39, 0.29) is 24.1 Å². The maximum Gasteiger partial charge on any atom is 0.287 e. The van der Waals surface area contributed by atoms with E-state index in [1.165, 1.54) is 12.1 Å². The first-order valence-corrected chi connectivity index (χ1v) is 9.23. The molecule has 4 nitrogen and oxygen atoms in total. The Bertz CT molecular complexity index is 1150. The van der Waals surface area contributed by atoms with Crippen molar-refractivity contribution in [3.63, 3.8) is 0 Å². The van der Waals surface area contributed by atoms with E-state index in [1.807, 2.05) is 18.2 Å². The molecule has 0 saturated carbocycles. The Labute approximate surface area is 170 Å². The first kappa shape index (κ1) is 18.5. The van der Waals surface area contributed by atoms with Gasteiger partial charge in [0.2, 0.25) is 5.82 Å². The summed E-state index contributed by atoms with van der Waals surface area (Å²) < 4.78 is 14.7. The van der Waals surface area contributed by atoms with E-state index < -0.39 is 0 Å². The van der Waals surface area contributed by atoms with E-state index in [9.17, 15) is 9.18 Å². The lowest BCUT2D eigenvalue weighted by Gasteiger charge is -2.04. The van der Waals surface area contributed by atoms with Crippen LogP contribution in [0.4, 0.5) is 4.39 Å². The maximum atomic E-state index is 13.0. The van der Waals surface area contributed by atoms with Crippen molar-refractivity contribution < 1.29 is 9.18 Å². The van der Waals surface area contributed by atoms with Gasteiger partial charge in [-0.15, -0.1) is 0 Å². The summed E-state index contributed by atoms with van der Waals surface area (Å²) in [7, 11) is 0. The smallest absolute Gasteiger partial charge is 0.287 e. The zero-order chi connectivity index (χ0) is 19.7. The lowest BCUT2D eigenvalue weighted by Crippen LogP contribution is -2.25. The molecule has 0 unspecified atom stereocenters. The highest BCUT2D eigenvalue weighted by Crippen LogP contribution is 2.30. The molecule has 0 bridgehead atoms. The number of carbonyl (C=O) groups excluding carboxylic acids is 1. The molecule has 0 aliphatic carbocycles. The van der Waals surface area contributed by atoms with Crippen LogP contribution in [-0.4, -0.2) is 15.3 Å². The number of nitrogens with one attached hydrogen (secondary N) is 1. The number of hydrogen-bond donors (Lipinski definition) is 1. The number of nitrogens with zero attached hydrogens (tertiary/aromatic N) is 2. The van der Waals surface area contributed by atoms with Crippen LogP contribution >= 0.6 is 23.2 Å². The van der Waals surface area contributed by atoms with Crippen LogP contribution in [0.3, 0.4) is 0 Å². The van der Waals surface area contributed by atoms with Gasteiger partial charge < -0.3 is 5.32 Å². The van der Waals surface area contributed by atoms with Crippen molar-refractivity contribution >= 4 is 34.6 Å². The molecule has 4 rings (SSSR count). The first-order valence-electron chi connectivity index (χ1n) is 8.47. The lowest BCUT2D eigenvalue weighted by molar-refractivity contribution is 0.0940. The molecule has 1 amide bonds. The highest BCUT2D eigenvalue weighted by molar-refractivity contribution is 6.35. The van der Waals surface area contributed by atoms with Gasteiger partial charge in [-0.3, -0.25) is 9.20 Å². The molecule has 2 heterocycles. The van der Waals surface area contributed by atoms with Gasteiger partial charge in [0.15, 0.2) is 0 Å². The quantitative estimate of drug-likeness (QED) is 0.488. The van der Waals surface area contributed by atoms with Crippen molar-refractivity contribution in [2.24, 2.45) is 0 Å². The van der Waals surface area contributed by atoms with Gasteiger partial charge in [-0.05, 0) is 48.0 Å². The second-order valence-corrected chi connectivity index (χ2v) is 7.08. The minimum absolute atomic E-state index is 0.240. The van der Waals surface area contributed by atoms with Gasteiger partial charge in [-0.2, -0.15) is 0 Å². The third-order valence-corrected chi connectivity index (χ3v) is 4.69. The van der Waals surface area contributed by atoms with Crippen LogP contribution in [0.15, 0.2) is 66.9 Å². The predicted octanol–water partition coefficient (Wildman–Crippen LogP) is 5.38. The average molecular weight is 414 g/mol. The number of carbonyl (C=O) groups is 1. The van der Waals surface area contributed by atoms with Gasteiger partial charge >= 0.3 is 0 Å². The zero-order valence-electron chi connectivity index (χ0n) is 14.5. The summed E-state index contributed by atoms with van der Waals surface area (Å²) in [5.41, 5.74) is 2.88. The lowest BCUT2D eigenvalue weighted by atomic mass is 10.1. The average Bonchev–Trinajstić information content (AvgIpc) is 3.06. The molecule has 140 valence electrons. The summed E-state index contributed by atoms with van der Waals surface area (Å²) in [6.07, 6.45) is 1.77. The minimum Gasteiger partial charge on any atom is -0.345 e. The van der Waals surface area contributed by atoms with Crippen LogP contribution in [-0.2, 0) is 6.54 Å². The standard InChI is InChI=1S/C21H14Cl2FN3O/c22-15-9-14(10-16(23)11-15)19-18-3-1-2-8-27(18)20(26-19)21(28)25-12-13-4-6-17(24)7-5-13/h1-11H,12H2,(H,25,28). The third kappa shape index (κ3) is 3.72. The normalized spacial score (nSPS) is 11.0. The van der Waals surface area contributed by atoms with Crippen molar-refractivity contribution in [1.29, 1.82) is 0 Å². The third-order valence-electron chi connectivity index (χ3n) is 4.25. The Morgan fingerprint density at radius 1 is 1.04 bits per heavy atom. The van der Waals surface area contributed by atoms with E-state index in [2.05, 4.69) is 10.3 Å². The number of hydrogen-bond acceptors (Lipinski definition) is 2. The molecule has 0 saturated heterocycles. The van der Waals surface area contributed by atoms with Gasteiger partial charge in [0.05, 0.1) is 11.2 Å².